The quantitative estimate of drug-likeness (QED) is 0.463. The molecule has 100 valence electrons. The number of guanidine groups is 1. The van der Waals surface area contributed by atoms with Gasteiger partial charge in [0.15, 0.2) is 5.96 Å². The monoisotopic (exact) mass is 249 g/mol. The zero-order valence-corrected chi connectivity index (χ0v) is 11.4. The predicted molar refractivity (Wildman–Crippen MR) is 77.1 cm³/mol. The molecule has 0 aliphatic rings. The Hall–Kier alpha value is -1.55. The highest BCUT2D eigenvalue weighted by Gasteiger charge is 2.02. The third kappa shape index (κ3) is 4.75. The van der Waals surface area contributed by atoms with Crippen LogP contribution in [0.3, 0.4) is 0 Å². The van der Waals surface area contributed by atoms with E-state index in [0.29, 0.717) is 25.0 Å². The zero-order valence-electron chi connectivity index (χ0n) is 11.4. The van der Waals surface area contributed by atoms with Gasteiger partial charge in [0.25, 0.3) is 0 Å². The number of nitrogens with zero attached hydrogens (tertiary/aromatic N) is 1. The first-order chi connectivity index (χ1) is 8.67. The van der Waals surface area contributed by atoms with Crippen LogP contribution in [-0.4, -0.2) is 26.2 Å². The molecule has 1 unspecified atom stereocenters. The Morgan fingerprint density at radius 3 is 2.61 bits per heavy atom. The van der Waals surface area contributed by atoms with Crippen molar-refractivity contribution in [2.75, 3.05) is 25.6 Å². The molecule has 0 aliphatic carbocycles. The van der Waals surface area contributed by atoms with Crippen molar-refractivity contribution in [1.82, 2.24) is 0 Å². The minimum Gasteiger partial charge on any atom is -0.383 e. The van der Waals surface area contributed by atoms with Crippen LogP contribution in [0.1, 0.15) is 31.7 Å². The molecule has 0 aliphatic heterocycles. The van der Waals surface area contributed by atoms with Crippen LogP contribution in [0.15, 0.2) is 29.3 Å². The number of nitrogens with one attached hydrogen (secondary N) is 1. The summed E-state index contributed by atoms with van der Waals surface area (Å²) in [6, 6.07) is 8.30. The molecule has 0 radical (unpaired) electrons. The summed E-state index contributed by atoms with van der Waals surface area (Å²) in [5, 5.41) is 3.06. The lowest BCUT2D eigenvalue weighted by atomic mass is 9.99. The fourth-order valence-electron chi connectivity index (χ4n) is 1.58. The number of anilines is 1. The molecular weight excluding hydrogens is 226 g/mol. The van der Waals surface area contributed by atoms with Crippen molar-refractivity contribution in [2.24, 2.45) is 10.7 Å². The number of ether oxygens (including phenoxy) is 1. The lowest BCUT2D eigenvalue weighted by Gasteiger charge is -2.10. The van der Waals surface area contributed by atoms with Crippen LogP contribution in [0.5, 0.6) is 0 Å². The first-order valence-corrected chi connectivity index (χ1v) is 6.33. The summed E-state index contributed by atoms with van der Waals surface area (Å²) in [6.45, 7) is 5.57. The van der Waals surface area contributed by atoms with E-state index in [2.05, 4.69) is 36.3 Å². The van der Waals surface area contributed by atoms with Gasteiger partial charge in [-0.05, 0) is 30.0 Å². The van der Waals surface area contributed by atoms with Gasteiger partial charge >= 0.3 is 0 Å². The Morgan fingerprint density at radius 1 is 1.39 bits per heavy atom. The van der Waals surface area contributed by atoms with Gasteiger partial charge in [0.05, 0.1) is 13.2 Å². The number of hydrogen-bond donors (Lipinski definition) is 2. The average Bonchev–Trinajstić information content (AvgIpc) is 2.39. The summed E-state index contributed by atoms with van der Waals surface area (Å²) >= 11 is 0. The molecule has 0 fully saturated rings. The molecule has 4 nitrogen and oxygen atoms in total. The number of rotatable bonds is 6. The van der Waals surface area contributed by atoms with Gasteiger partial charge in [-0.1, -0.05) is 26.0 Å². The fourth-order valence-corrected chi connectivity index (χ4v) is 1.58. The summed E-state index contributed by atoms with van der Waals surface area (Å²) < 4.78 is 4.91. The molecule has 0 heterocycles. The largest absolute Gasteiger partial charge is 0.383 e. The molecule has 0 amide bonds. The Bertz CT molecular complexity index is 373. The molecule has 4 heteroatoms. The van der Waals surface area contributed by atoms with Crippen molar-refractivity contribution in [2.45, 2.75) is 26.2 Å². The number of benzene rings is 1. The molecule has 1 aromatic carbocycles. The zero-order chi connectivity index (χ0) is 13.4. The van der Waals surface area contributed by atoms with Gasteiger partial charge in [0.2, 0.25) is 0 Å². The van der Waals surface area contributed by atoms with E-state index >= 15 is 0 Å². The summed E-state index contributed by atoms with van der Waals surface area (Å²) in [5.74, 6) is 1.01. The number of aliphatic imine (C=N–C) groups is 1. The third-order valence-corrected chi connectivity index (χ3v) is 2.94. The van der Waals surface area contributed by atoms with Crippen LogP contribution in [0.4, 0.5) is 5.69 Å². The van der Waals surface area contributed by atoms with Crippen molar-refractivity contribution in [1.29, 1.82) is 0 Å². The maximum Gasteiger partial charge on any atom is 0.193 e. The van der Waals surface area contributed by atoms with Crippen LogP contribution in [0.2, 0.25) is 0 Å². The molecule has 0 saturated heterocycles. The van der Waals surface area contributed by atoms with Crippen molar-refractivity contribution in [3.05, 3.63) is 29.8 Å². The number of hydrogen-bond acceptors (Lipinski definition) is 2. The van der Waals surface area contributed by atoms with Gasteiger partial charge in [-0.2, -0.15) is 0 Å². The summed E-state index contributed by atoms with van der Waals surface area (Å²) in [5.41, 5.74) is 8.06. The second-order valence-electron chi connectivity index (χ2n) is 4.32. The van der Waals surface area contributed by atoms with Gasteiger partial charge < -0.3 is 15.8 Å². The molecule has 3 N–H and O–H groups in total. The highest BCUT2D eigenvalue weighted by atomic mass is 16.5. The Balaban J connectivity index is 2.55. The molecule has 0 saturated carbocycles. The normalized spacial score (nSPS) is 13.4. The second kappa shape index (κ2) is 7.71. The van der Waals surface area contributed by atoms with Gasteiger partial charge in [-0.25, -0.2) is 0 Å². The molecule has 18 heavy (non-hydrogen) atoms. The predicted octanol–water partition coefficient (Wildman–Crippen LogP) is 2.57. The lowest BCUT2D eigenvalue weighted by Crippen LogP contribution is -2.23. The van der Waals surface area contributed by atoms with Crippen molar-refractivity contribution in [3.8, 4) is 0 Å². The van der Waals surface area contributed by atoms with Crippen LogP contribution >= 0.6 is 0 Å². The van der Waals surface area contributed by atoms with Gasteiger partial charge in [0.1, 0.15) is 0 Å². The molecule has 1 aromatic rings. The number of nitrogens with two attached hydrogens (primary N) is 1. The second-order valence-corrected chi connectivity index (χ2v) is 4.32. The smallest absolute Gasteiger partial charge is 0.193 e. The first kappa shape index (κ1) is 14.5. The third-order valence-electron chi connectivity index (χ3n) is 2.94. The first-order valence-electron chi connectivity index (χ1n) is 6.33. The van der Waals surface area contributed by atoms with E-state index in [1.54, 1.807) is 7.11 Å². The highest BCUT2D eigenvalue weighted by Crippen LogP contribution is 2.20. The van der Waals surface area contributed by atoms with Crippen LogP contribution in [0, 0.1) is 0 Å². The minimum absolute atomic E-state index is 0.420. The van der Waals surface area contributed by atoms with Gasteiger partial charge in [-0.15, -0.1) is 0 Å². The SMILES string of the molecule is CCC(C)c1ccc(NC(N)=NCCOC)cc1. The minimum atomic E-state index is 0.420. The molecular formula is C14H23N3O. The van der Waals surface area contributed by atoms with Crippen LogP contribution < -0.4 is 11.1 Å². The van der Waals surface area contributed by atoms with Crippen molar-refractivity contribution >= 4 is 11.6 Å². The molecule has 0 bridgehead atoms. The lowest BCUT2D eigenvalue weighted by molar-refractivity contribution is 0.208. The Labute approximate surface area is 109 Å². The standard InChI is InChI=1S/C14H23N3O/c1-4-11(2)12-5-7-13(8-6-12)17-14(15)16-9-10-18-3/h5-8,11H,4,9-10H2,1-3H3,(H3,15,16,17). The maximum atomic E-state index is 5.75. The maximum absolute atomic E-state index is 5.75. The van der Waals surface area contributed by atoms with E-state index in [1.165, 1.54) is 5.56 Å². The van der Waals surface area contributed by atoms with Crippen LogP contribution in [-0.2, 0) is 4.74 Å². The number of methoxy groups -OCH3 is 1. The van der Waals surface area contributed by atoms with Crippen LogP contribution in [0.25, 0.3) is 0 Å². The van der Waals surface area contributed by atoms with Gasteiger partial charge in [-0.3, -0.25) is 4.99 Å². The van der Waals surface area contributed by atoms with E-state index in [1.807, 2.05) is 12.1 Å². The molecule has 1 rings (SSSR count). The molecule has 0 aromatic heterocycles. The van der Waals surface area contributed by atoms with Gasteiger partial charge in [0, 0.05) is 12.8 Å². The van der Waals surface area contributed by atoms with Crippen molar-refractivity contribution < 1.29 is 4.74 Å². The summed E-state index contributed by atoms with van der Waals surface area (Å²) in [7, 11) is 1.65. The molecule has 1 atom stereocenters. The van der Waals surface area contributed by atoms with Crippen molar-refractivity contribution in [3.63, 3.8) is 0 Å². The molecule has 0 spiro atoms. The Morgan fingerprint density at radius 2 is 2.06 bits per heavy atom. The van der Waals surface area contributed by atoms with E-state index in [0.717, 1.165) is 12.1 Å². The van der Waals surface area contributed by atoms with E-state index in [-0.39, 0.29) is 0 Å². The summed E-state index contributed by atoms with van der Waals surface area (Å²) in [4.78, 5) is 4.14. The fraction of sp³-hybridized carbons (Fsp3) is 0.500. The topological polar surface area (TPSA) is 59.6 Å². The summed E-state index contributed by atoms with van der Waals surface area (Å²) in [6.07, 6.45) is 1.15. The highest BCUT2D eigenvalue weighted by molar-refractivity contribution is 5.92. The van der Waals surface area contributed by atoms with E-state index < -0.39 is 0 Å². The van der Waals surface area contributed by atoms with E-state index in [9.17, 15) is 0 Å². The van der Waals surface area contributed by atoms with E-state index in [4.69, 9.17) is 10.5 Å². The average molecular weight is 249 g/mol. The Kier molecular flexibility index (Phi) is 6.22.